The summed E-state index contributed by atoms with van der Waals surface area (Å²) in [5.74, 6) is 1.15. The lowest BCUT2D eigenvalue weighted by Gasteiger charge is -2.35. The predicted molar refractivity (Wildman–Crippen MR) is 146 cm³/mol. The second-order valence-corrected chi connectivity index (χ2v) is 11.0. The second-order valence-electron chi connectivity index (χ2n) is 11.0. The number of aliphatic hydroxyl groups excluding tert-OH is 1. The van der Waals surface area contributed by atoms with Crippen molar-refractivity contribution in [3.05, 3.63) is 47.2 Å². The van der Waals surface area contributed by atoms with Crippen LogP contribution in [0.2, 0.25) is 0 Å². The molecule has 1 saturated carbocycles. The minimum atomic E-state index is -0.692. The zero-order valence-corrected chi connectivity index (χ0v) is 22.2. The third-order valence-electron chi connectivity index (χ3n) is 7.91. The molecule has 1 aromatic carbocycles. The van der Waals surface area contributed by atoms with Crippen molar-refractivity contribution in [1.29, 1.82) is 0 Å². The molecule has 1 aliphatic carbocycles. The summed E-state index contributed by atoms with van der Waals surface area (Å²) in [6, 6.07) is 10.2. The van der Waals surface area contributed by atoms with Gasteiger partial charge in [-0.05, 0) is 30.4 Å². The van der Waals surface area contributed by atoms with Gasteiger partial charge < -0.3 is 30.3 Å². The molecule has 3 fully saturated rings. The maximum Gasteiger partial charge on any atom is 0.270 e. The molecule has 4 aliphatic rings. The number of anilines is 2. The fraction of sp³-hybridized carbons (Fsp3) is 0.571. The van der Waals surface area contributed by atoms with Crippen LogP contribution in [0.5, 0.6) is 0 Å². The number of carbonyl (C=O) groups is 2. The topological polar surface area (TPSA) is 123 Å². The van der Waals surface area contributed by atoms with Crippen LogP contribution in [0.25, 0.3) is 0 Å². The lowest BCUT2D eigenvalue weighted by Crippen LogP contribution is -2.50. The van der Waals surface area contributed by atoms with E-state index >= 15 is 0 Å². The lowest BCUT2D eigenvalue weighted by molar-refractivity contribution is -0.132. The first-order valence-corrected chi connectivity index (χ1v) is 14.0. The normalized spacial score (nSPS) is 20.6. The van der Waals surface area contributed by atoms with Gasteiger partial charge in [0.2, 0.25) is 11.9 Å². The predicted octanol–water partition coefficient (Wildman–Crippen LogP) is 0.495. The minimum Gasteiger partial charge on any atom is -0.390 e. The summed E-state index contributed by atoms with van der Waals surface area (Å²) < 4.78 is 5.27. The van der Waals surface area contributed by atoms with E-state index in [-0.39, 0.29) is 36.0 Å². The van der Waals surface area contributed by atoms with Crippen LogP contribution in [0.4, 0.5) is 11.8 Å². The molecule has 39 heavy (non-hydrogen) atoms. The molecule has 0 bridgehead atoms. The molecule has 11 nitrogen and oxygen atoms in total. The number of nitrogens with one attached hydrogen (secondary N) is 2. The van der Waals surface area contributed by atoms with Gasteiger partial charge in [-0.3, -0.25) is 14.5 Å². The number of fused-ring (bicyclic) bond motifs is 1. The molecule has 1 atom stereocenters. The average molecular weight is 536 g/mol. The first-order chi connectivity index (χ1) is 19.0. The Balaban J connectivity index is 1.07. The Morgan fingerprint density at radius 3 is 2.54 bits per heavy atom. The summed E-state index contributed by atoms with van der Waals surface area (Å²) in [6.07, 6.45) is 2.27. The molecule has 2 saturated heterocycles. The molecule has 6 rings (SSSR count). The van der Waals surface area contributed by atoms with E-state index in [1.165, 1.54) is 11.1 Å². The SMILES string of the molecule is O=C(NCC(O)CN1CCc2ccccc2C1)c1cc(NC2COC2)nc(N2CCN(C(=O)C3CC3)CC2)n1. The Labute approximate surface area is 228 Å². The molecule has 2 aromatic rings. The highest BCUT2D eigenvalue weighted by Crippen LogP contribution is 2.31. The standard InChI is InChI=1S/C28H37N7O4/c36-23(16-33-8-7-19-3-1-2-4-21(19)15-33)14-29-26(37)24-13-25(30-22-17-39-18-22)32-28(31-24)35-11-9-34(10-12-35)27(38)20-5-6-20/h1-4,13,20,22-23,36H,5-12,14-18H2,(H,29,37)(H,30,31,32). The molecular weight excluding hydrogens is 498 g/mol. The van der Waals surface area contributed by atoms with Crippen LogP contribution in [-0.2, 0) is 22.5 Å². The zero-order chi connectivity index (χ0) is 26.8. The average Bonchev–Trinajstić information content (AvgIpc) is 3.79. The van der Waals surface area contributed by atoms with Crippen molar-refractivity contribution >= 4 is 23.6 Å². The van der Waals surface area contributed by atoms with Gasteiger partial charge in [0.1, 0.15) is 11.5 Å². The molecule has 1 aromatic heterocycles. The van der Waals surface area contributed by atoms with Gasteiger partial charge in [-0.1, -0.05) is 24.3 Å². The second kappa shape index (κ2) is 11.4. The van der Waals surface area contributed by atoms with Crippen LogP contribution >= 0.6 is 0 Å². The number of benzene rings is 1. The molecule has 0 radical (unpaired) electrons. The van der Waals surface area contributed by atoms with E-state index in [1.807, 2.05) is 15.9 Å². The van der Waals surface area contributed by atoms with E-state index in [0.717, 1.165) is 32.4 Å². The third-order valence-corrected chi connectivity index (χ3v) is 7.91. The van der Waals surface area contributed by atoms with Gasteiger partial charge >= 0.3 is 0 Å². The van der Waals surface area contributed by atoms with Gasteiger partial charge in [0.25, 0.3) is 5.91 Å². The summed E-state index contributed by atoms with van der Waals surface area (Å²) in [5, 5.41) is 16.9. The molecule has 208 valence electrons. The fourth-order valence-corrected chi connectivity index (χ4v) is 5.38. The van der Waals surface area contributed by atoms with E-state index in [9.17, 15) is 14.7 Å². The number of aromatic nitrogens is 2. The smallest absolute Gasteiger partial charge is 0.270 e. The fourth-order valence-electron chi connectivity index (χ4n) is 5.38. The van der Waals surface area contributed by atoms with E-state index in [2.05, 4.69) is 43.7 Å². The van der Waals surface area contributed by atoms with Crippen molar-refractivity contribution in [2.24, 2.45) is 5.92 Å². The largest absolute Gasteiger partial charge is 0.390 e. The van der Waals surface area contributed by atoms with E-state index in [0.29, 0.717) is 57.7 Å². The first-order valence-electron chi connectivity index (χ1n) is 14.0. The Morgan fingerprint density at radius 1 is 1.05 bits per heavy atom. The van der Waals surface area contributed by atoms with E-state index < -0.39 is 6.10 Å². The van der Waals surface area contributed by atoms with Crippen molar-refractivity contribution in [2.45, 2.75) is 38.0 Å². The third kappa shape index (κ3) is 6.32. The van der Waals surface area contributed by atoms with Gasteiger partial charge in [-0.15, -0.1) is 0 Å². The number of ether oxygens (including phenoxy) is 1. The summed E-state index contributed by atoms with van der Waals surface area (Å²) in [7, 11) is 0. The Bertz CT molecular complexity index is 1190. The first kappa shape index (κ1) is 26.0. The molecule has 1 unspecified atom stereocenters. The Hall–Kier alpha value is -3.28. The number of β-amino-alcohol motifs (C(OH)–C–C–N with tert-alkyl or cyclic N) is 1. The Kier molecular flexibility index (Phi) is 7.62. The summed E-state index contributed by atoms with van der Waals surface area (Å²) in [5.41, 5.74) is 2.91. The van der Waals surface area contributed by atoms with Gasteiger partial charge in [0.15, 0.2) is 0 Å². The van der Waals surface area contributed by atoms with Crippen molar-refractivity contribution in [1.82, 2.24) is 25.1 Å². The van der Waals surface area contributed by atoms with E-state index in [1.54, 1.807) is 6.07 Å². The highest BCUT2D eigenvalue weighted by atomic mass is 16.5. The maximum atomic E-state index is 13.1. The van der Waals surface area contributed by atoms with Gasteiger partial charge in [0, 0.05) is 64.3 Å². The molecule has 3 aliphatic heterocycles. The summed E-state index contributed by atoms with van der Waals surface area (Å²) >= 11 is 0. The minimum absolute atomic E-state index is 0.136. The van der Waals surface area contributed by atoms with Crippen LogP contribution < -0.4 is 15.5 Å². The number of hydrogen-bond donors (Lipinski definition) is 3. The highest BCUT2D eigenvalue weighted by Gasteiger charge is 2.35. The number of amides is 2. The zero-order valence-electron chi connectivity index (χ0n) is 22.2. The van der Waals surface area contributed by atoms with Crippen molar-refractivity contribution < 1.29 is 19.4 Å². The van der Waals surface area contributed by atoms with Gasteiger partial charge in [-0.25, -0.2) is 4.98 Å². The van der Waals surface area contributed by atoms with Gasteiger partial charge in [0.05, 0.1) is 25.4 Å². The highest BCUT2D eigenvalue weighted by molar-refractivity contribution is 5.93. The maximum absolute atomic E-state index is 13.1. The molecule has 3 N–H and O–H groups in total. The van der Waals surface area contributed by atoms with Gasteiger partial charge in [-0.2, -0.15) is 4.98 Å². The van der Waals surface area contributed by atoms with Crippen LogP contribution in [0, 0.1) is 5.92 Å². The quantitative estimate of drug-likeness (QED) is 0.421. The van der Waals surface area contributed by atoms with Crippen molar-refractivity contribution in [2.75, 3.05) is 69.2 Å². The van der Waals surface area contributed by atoms with Crippen LogP contribution in [0.1, 0.15) is 34.5 Å². The number of carbonyl (C=O) groups excluding carboxylic acids is 2. The summed E-state index contributed by atoms with van der Waals surface area (Å²) in [4.78, 5) is 41.0. The number of hydrogen-bond acceptors (Lipinski definition) is 9. The number of rotatable bonds is 9. The van der Waals surface area contributed by atoms with Crippen molar-refractivity contribution in [3.8, 4) is 0 Å². The number of piperazine rings is 1. The van der Waals surface area contributed by atoms with E-state index in [4.69, 9.17) is 4.74 Å². The van der Waals surface area contributed by atoms with Crippen molar-refractivity contribution in [3.63, 3.8) is 0 Å². The number of aliphatic hydroxyl groups is 1. The van der Waals surface area contributed by atoms with Crippen LogP contribution in [0.15, 0.2) is 30.3 Å². The monoisotopic (exact) mass is 535 g/mol. The molecule has 2 amide bonds. The molecule has 11 heteroatoms. The molecular formula is C28H37N7O4. The van der Waals surface area contributed by atoms with Crippen LogP contribution in [0.3, 0.4) is 0 Å². The lowest BCUT2D eigenvalue weighted by atomic mass is 10.00. The van der Waals surface area contributed by atoms with Crippen LogP contribution in [-0.4, -0.2) is 108 Å². The Morgan fingerprint density at radius 2 is 1.82 bits per heavy atom. The number of nitrogens with zero attached hydrogens (tertiary/aromatic N) is 5. The molecule has 0 spiro atoms. The summed E-state index contributed by atoms with van der Waals surface area (Å²) in [6.45, 7) is 5.99. The molecule has 4 heterocycles.